The van der Waals surface area contributed by atoms with Gasteiger partial charge in [-0.3, -0.25) is 4.79 Å². The molecule has 7 nitrogen and oxygen atoms in total. The van der Waals surface area contributed by atoms with Crippen molar-refractivity contribution in [3.63, 3.8) is 0 Å². The number of hydrogen-bond acceptors (Lipinski definition) is 4. The Hall–Kier alpha value is -2.94. The maximum absolute atomic E-state index is 13.7. The van der Waals surface area contributed by atoms with Crippen LogP contribution in [0.15, 0.2) is 30.5 Å². The van der Waals surface area contributed by atoms with Gasteiger partial charge in [0.05, 0.1) is 11.2 Å². The molecule has 2 aromatic rings. The standard InChI is InChI=1S/C19H18ClF2N3O4/c20-15-8-13(5-6-16(15)22)29-18-14(7-10(21)9-23-18)17(26)24-11-1-3-12(4-2-11)25-19(27)28/h5-9,11-12,25H,1-4H2,(H,24,26)(H,27,28). The quantitative estimate of drug-likeness (QED) is 0.669. The van der Waals surface area contributed by atoms with Crippen LogP contribution in [0.25, 0.3) is 0 Å². The van der Waals surface area contributed by atoms with Gasteiger partial charge in [-0.05, 0) is 43.9 Å². The number of carboxylic acid groups (broad SMARTS) is 1. The summed E-state index contributed by atoms with van der Waals surface area (Å²) in [7, 11) is 0. The third-order valence-corrected chi connectivity index (χ3v) is 4.85. The Morgan fingerprint density at radius 2 is 1.76 bits per heavy atom. The zero-order chi connectivity index (χ0) is 21.0. The summed E-state index contributed by atoms with van der Waals surface area (Å²) >= 11 is 5.72. The minimum Gasteiger partial charge on any atom is -0.465 e. The van der Waals surface area contributed by atoms with Gasteiger partial charge in [0.1, 0.15) is 22.9 Å². The van der Waals surface area contributed by atoms with Crippen LogP contribution in [-0.4, -0.2) is 34.2 Å². The van der Waals surface area contributed by atoms with E-state index in [9.17, 15) is 18.4 Å². The Balaban J connectivity index is 1.69. The van der Waals surface area contributed by atoms with Crippen LogP contribution in [0.2, 0.25) is 5.02 Å². The zero-order valence-electron chi connectivity index (χ0n) is 15.1. The van der Waals surface area contributed by atoms with Gasteiger partial charge in [0.2, 0.25) is 5.88 Å². The fourth-order valence-electron chi connectivity index (χ4n) is 3.14. The second-order valence-electron chi connectivity index (χ2n) is 6.66. The summed E-state index contributed by atoms with van der Waals surface area (Å²) in [5.74, 6) is -1.92. The molecule has 0 spiro atoms. The molecule has 0 atom stereocenters. The lowest BCUT2D eigenvalue weighted by molar-refractivity contribution is 0.0919. The first kappa shape index (κ1) is 20.8. The molecule has 0 aliphatic heterocycles. The number of carbonyl (C=O) groups is 2. The molecule has 1 aromatic carbocycles. The third kappa shape index (κ3) is 5.54. The van der Waals surface area contributed by atoms with Gasteiger partial charge in [-0.25, -0.2) is 18.6 Å². The van der Waals surface area contributed by atoms with Crippen LogP contribution in [0, 0.1) is 11.6 Å². The van der Waals surface area contributed by atoms with Gasteiger partial charge in [0.25, 0.3) is 5.91 Å². The van der Waals surface area contributed by atoms with E-state index >= 15 is 0 Å². The van der Waals surface area contributed by atoms with E-state index in [1.807, 2.05) is 0 Å². The number of amides is 2. The molecule has 1 aliphatic carbocycles. The number of pyridine rings is 1. The van der Waals surface area contributed by atoms with E-state index in [2.05, 4.69) is 15.6 Å². The van der Waals surface area contributed by atoms with E-state index in [4.69, 9.17) is 21.4 Å². The molecule has 1 saturated carbocycles. The molecule has 1 aliphatic rings. The van der Waals surface area contributed by atoms with Crippen LogP contribution in [0.1, 0.15) is 36.0 Å². The number of hydrogen-bond donors (Lipinski definition) is 3. The lowest BCUT2D eigenvalue weighted by Crippen LogP contribution is -2.43. The SMILES string of the molecule is O=C(O)NC1CCC(NC(=O)c2cc(F)cnc2Oc2ccc(F)c(Cl)c2)CC1. The van der Waals surface area contributed by atoms with Gasteiger partial charge in [-0.1, -0.05) is 11.6 Å². The second-order valence-corrected chi connectivity index (χ2v) is 7.06. The molecule has 1 aromatic heterocycles. The van der Waals surface area contributed by atoms with Crippen LogP contribution < -0.4 is 15.4 Å². The van der Waals surface area contributed by atoms with E-state index in [1.165, 1.54) is 12.1 Å². The number of aromatic nitrogens is 1. The molecule has 3 N–H and O–H groups in total. The lowest BCUT2D eigenvalue weighted by Gasteiger charge is -2.29. The molecule has 2 amide bonds. The largest absolute Gasteiger partial charge is 0.465 e. The highest BCUT2D eigenvalue weighted by Crippen LogP contribution is 2.28. The van der Waals surface area contributed by atoms with Crippen LogP contribution in [0.4, 0.5) is 13.6 Å². The molecule has 154 valence electrons. The average molecular weight is 426 g/mol. The topological polar surface area (TPSA) is 101 Å². The number of nitrogens with zero attached hydrogens (tertiary/aromatic N) is 1. The first-order valence-electron chi connectivity index (χ1n) is 8.90. The van der Waals surface area contributed by atoms with Gasteiger partial charge in [-0.15, -0.1) is 0 Å². The Bertz CT molecular complexity index is 920. The Morgan fingerprint density at radius 3 is 2.38 bits per heavy atom. The van der Waals surface area contributed by atoms with E-state index in [1.54, 1.807) is 0 Å². The fraction of sp³-hybridized carbons (Fsp3) is 0.316. The molecule has 3 rings (SSSR count). The number of carbonyl (C=O) groups excluding carboxylic acids is 1. The van der Waals surface area contributed by atoms with Gasteiger partial charge < -0.3 is 20.5 Å². The molecule has 0 unspecified atom stereocenters. The van der Waals surface area contributed by atoms with Crippen LogP contribution in [0.3, 0.4) is 0 Å². The smallest absolute Gasteiger partial charge is 0.404 e. The van der Waals surface area contributed by atoms with Crippen molar-refractivity contribution in [3.05, 3.63) is 52.7 Å². The summed E-state index contributed by atoms with van der Waals surface area (Å²) < 4.78 is 32.5. The average Bonchev–Trinajstić information content (AvgIpc) is 2.67. The van der Waals surface area contributed by atoms with E-state index in [0.29, 0.717) is 25.7 Å². The number of halogens is 3. The van der Waals surface area contributed by atoms with E-state index in [-0.39, 0.29) is 34.3 Å². The van der Waals surface area contributed by atoms with Gasteiger partial charge in [-0.2, -0.15) is 0 Å². The predicted octanol–water partition coefficient (Wildman–Crippen LogP) is 4.11. The molecular weight excluding hydrogens is 408 g/mol. The maximum atomic E-state index is 13.7. The first-order valence-corrected chi connectivity index (χ1v) is 9.28. The zero-order valence-corrected chi connectivity index (χ0v) is 15.9. The number of benzene rings is 1. The predicted molar refractivity (Wildman–Crippen MR) is 100 cm³/mol. The summed E-state index contributed by atoms with van der Waals surface area (Å²) in [5, 5.41) is 13.8. The number of ether oxygens (including phenoxy) is 1. The molecule has 1 fully saturated rings. The lowest BCUT2D eigenvalue weighted by atomic mass is 9.91. The minimum atomic E-state index is -1.08. The normalized spacial score (nSPS) is 18.7. The molecule has 10 heteroatoms. The minimum absolute atomic E-state index is 0.115. The van der Waals surface area contributed by atoms with Crippen molar-refractivity contribution in [3.8, 4) is 11.6 Å². The highest BCUT2D eigenvalue weighted by atomic mass is 35.5. The molecule has 29 heavy (non-hydrogen) atoms. The van der Waals surface area contributed by atoms with Gasteiger partial charge >= 0.3 is 6.09 Å². The molecular formula is C19H18ClF2N3O4. The Labute approximate surface area is 170 Å². The maximum Gasteiger partial charge on any atom is 0.404 e. The third-order valence-electron chi connectivity index (χ3n) is 4.56. The highest BCUT2D eigenvalue weighted by Gasteiger charge is 2.25. The van der Waals surface area contributed by atoms with Crippen molar-refractivity contribution in [1.82, 2.24) is 15.6 Å². The van der Waals surface area contributed by atoms with Crippen molar-refractivity contribution < 1.29 is 28.2 Å². The van der Waals surface area contributed by atoms with Crippen molar-refractivity contribution >= 4 is 23.6 Å². The Kier molecular flexibility index (Phi) is 6.48. The molecule has 0 bridgehead atoms. The van der Waals surface area contributed by atoms with Crippen LogP contribution >= 0.6 is 11.6 Å². The molecule has 1 heterocycles. The van der Waals surface area contributed by atoms with Crippen LogP contribution in [0.5, 0.6) is 11.6 Å². The summed E-state index contributed by atoms with van der Waals surface area (Å²) in [5.41, 5.74) is -0.115. The summed E-state index contributed by atoms with van der Waals surface area (Å²) in [6, 6.07) is 4.29. The van der Waals surface area contributed by atoms with E-state index < -0.39 is 23.6 Å². The van der Waals surface area contributed by atoms with Gasteiger partial charge in [0, 0.05) is 18.2 Å². The number of nitrogens with one attached hydrogen (secondary N) is 2. The molecule has 0 radical (unpaired) electrons. The van der Waals surface area contributed by atoms with E-state index in [0.717, 1.165) is 18.3 Å². The van der Waals surface area contributed by atoms with Crippen molar-refractivity contribution in [1.29, 1.82) is 0 Å². The first-order chi connectivity index (χ1) is 13.8. The van der Waals surface area contributed by atoms with Gasteiger partial charge in [0.15, 0.2) is 0 Å². The fourth-order valence-corrected chi connectivity index (χ4v) is 3.31. The number of rotatable bonds is 5. The Morgan fingerprint density at radius 1 is 1.10 bits per heavy atom. The van der Waals surface area contributed by atoms with Crippen LogP contribution in [-0.2, 0) is 0 Å². The highest BCUT2D eigenvalue weighted by molar-refractivity contribution is 6.30. The van der Waals surface area contributed by atoms with Crippen molar-refractivity contribution in [2.45, 2.75) is 37.8 Å². The van der Waals surface area contributed by atoms with Crippen molar-refractivity contribution in [2.75, 3.05) is 0 Å². The monoisotopic (exact) mass is 425 g/mol. The second kappa shape index (κ2) is 9.04. The summed E-state index contributed by atoms with van der Waals surface area (Å²) in [6.45, 7) is 0. The molecule has 0 saturated heterocycles. The van der Waals surface area contributed by atoms with Crippen molar-refractivity contribution in [2.24, 2.45) is 0 Å². The summed E-state index contributed by atoms with van der Waals surface area (Å²) in [4.78, 5) is 27.2. The summed E-state index contributed by atoms with van der Waals surface area (Å²) in [6.07, 6.45) is 2.13.